The van der Waals surface area contributed by atoms with Crippen molar-refractivity contribution in [1.82, 2.24) is 25.3 Å². The molecular weight excluding hydrogens is 318 g/mol. The van der Waals surface area contributed by atoms with Crippen LogP contribution in [-0.4, -0.2) is 45.8 Å². The number of amides is 3. The van der Waals surface area contributed by atoms with Gasteiger partial charge in [-0.2, -0.15) is 5.10 Å². The molecule has 1 unspecified atom stereocenters. The second-order valence-corrected chi connectivity index (χ2v) is 7.64. The molecule has 3 aliphatic rings. The lowest BCUT2D eigenvalue weighted by atomic mass is 10.1. The van der Waals surface area contributed by atoms with Crippen LogP contribution in [0.15, 0.2) is 12.3 Å². The molecule has 1 aliphatic heterocycles. The molecule has 1 saturated heterocycles. The van der Waals surface area contributed by atoms with Gasteiger partial charge in [0.25, 0.3) is 0 Å². The van der Waals surface area contributed by atoms with Crippen molar-refractivity contribution in [2.24, 2.45) is 5.92 Å². The van der Waals surface area contributed by atoms with E-state index in [2.05, 4.69) is 15.7 Å². The Hall–Kier alpha value is -2.05. The van der Waals surface area contributed by atoms with E-state index in [0.29, 0.717) is 31.6 Å². The third-order valence-electron chi connectivity index (χ3n) is 5.57. The van der Waals surface area contributed by atoms with Crippen LogP contribution in [0.3, 0.4) is 0 Å². The Morgan fingerprint density at radius 1 is 1.16 bits per heavy atom. The Bertz CT molecular complexity index is 633. The maximum Gasteiger partial charge on any atom is 0.315 e. The number of rotatable bonds is 6. The van der Waals surface area contributed by atoms with E-state index in [1.165, 1.54) is 25.7 Å². The Morgan fingerprint density at radius 3 is 2.72 bits per heavy atom. The van der Waals surface area contributed by atoms with Crippen LogP contribution >= 0.6 is 0 Å². The number of urea groups is 1. The second-order valence-electron chi connectivity index (χ2n) is 7.64. The quantitative estimate of drug-likeness (QED) is 0.825. The number of carbonyl (C=O) groups excluding carboxylic acids is 2. The highest BCUT2D eigenvalue weighted by molar-refractivity contribution is 5.79. The summed E-state index contributed by atoms with van der Waals surface area (Å²) in [5.74, 6) is 0.479. The molecule has 0 bridgehead atoms. The molecule has 2 saturated carbocycles. The fraction of sp³-hybridized carbons (Fsp3) is 0.722. The van der Waals surface area contributed by atoms with Gasteiger partial charge in [0.05, 0.1) is 18.3 Å². The highest BCUT2D eigenvalue weighted by atomic mass is 16.2. The van der Waals surface area contributed by atoms with Gasteiger partial charge in [-0.15, -0.1) is 0 Å². The van der Waals surface area contributed by atoms with Crippen LogP contribution in [0, 0.1) is 5.92 Å². The van der Waals surface area contributed by atoms with E-state index in [9.17, 15) is 9.59 Å². The molecule has 2 aliphatic carbocycles. The second kappa shape index (κ2) is 7.06. The summed E-state index contributed by atoms with van der Waals surface area (Å²) >= 11 is 0. The van der Waals surface area contributed by atoms with E-state index in [1.54, 1.807) is 0 Å². The van der Waals surface area contributed by atoms with Gasteiger partial charge in [0.15, 0.2) is 0 Å². The molecule has 1 aromatic rings. The fourth-order valence-electron chi connectivity index (χ4n) is 4.00. The number of nitrogens with zero attached hydrogens (tertiary/aromatic N) is 3. The monoisotopic (exact) mass is 345 g/mol. The average molecular weight is 345 g/mol. The van der Waals surface area contributed by atoms with Crippen LogP contribution in [0.4, 0.5) is 4.79 Å². The highest BCUT2D eigenvalue weighted by Gasteiger charge is 2.39. The van der Waals surface area contributed by atoms with Gasteiger partial charge in [-0.3, -0.25) is 9.48 Å². The molecule has 7 nitrogen and oxygen atoms in total. The normalized spacial score (nSPS) is 24.1. The molecule has 2 heterocycles. The molecule has 2 N–H and O–H groups in total. The van der Waals surface area contributed by atoms with Gasteiger partial charge in [0.2, 0.25) is 5.91 Å². The molecule has 3 fully saturated rings. The predicted octanol–water partition coefficient (Wildman–Crippen LogP) is 1.81. The van der Waals surface area contributed by atoms with Crippen molar-refractivity contribution in [3.63, 3.8) is 0 Å². The minimum atomic E-state index is -0.187. The molecule has 7 heteroatoms. The summed E-state index contributed by atoms with van der Waals surface area (Å²) in [6.45, 7) is 1.77. The summed E-state index contributed by atoms with van der Waals surface area (Å²) in [6.07, 6.45) is 9.81. The Kier molecular flexibility index (Phi) is 4.63. The maximum absolute atomic E-state index is 12.0. The largest absolute Gasteiger partial charge is 0.339 e. The van der Waals surface area contributed by atoms with Crippen LogP contribution in [-0.2, 0) is 11.3 Å². The molecular formula is C18H27N5O2. The van der Waals surface area contributed by atoms with Crippen LogP contribution < -0.4 is 10.6 Å². The van der Waals surface area contributed by atoms with Crippen molar-refractivity contribution in [2.45, 2.75) is 63.6 Å². The van der Waals surface area contributed by atoms with Gasteiger partial charge in [-0.25, -0.2) is 4.79 Å². The van der Waals surface area contributed by atoms with E-state index in [-0.39, 0.29) is 17.9 Å². The Labute approximate surface area is 148 Å². The first-order valence-electron chi connectivity index (χ1n) is 9.54. The summed E-state index contributed by atoms with van der Waals surface area (Å²) in [5.41, 5.74) is 0.887. The molecule has 1 atom stereocenters. The van der Waals surface area contributed by atoms with Gasteiger partial charge < -0.3 is 15.5 Å². The van der Waals surface area contributed by atoms with Crippen molar-refractivity contribution >= 4 is 11.9 Å². The molecule has 1 aromatic heterocycles. The lowest BCUT2D eigenvalue weighted by Crippen LogP contribution is -2.38. The van der Waals surface area contributed by atoms with Crippen molar-refractivity contribution in [1.29, 1.82) is 0 Å². The molecule has 0 spiro atoms. The summed E-state index contributed by atoms with van der Waals surface area (Å²) < 4.78 is 2.04. The van der Waals surface area contributed by atoms with Gasteiger partial charge in [-0.05, 0) is 31.7 Å². The number of hydrogen-bond acceptors (Lipinski definition) is 3. The molecule has 0 aromatic carbocycles. The summed E-state index contributed by atoms with van der Waals surface area (Å²) in [5, 5.41) is 10.3. The Morgan fingerprint density at radius 2 is 1.96 bits per heavy atom. The Balaban J connectivity index is 1.17. The third kappa shape index (κ3) is 3.96. The standard InChI is InChI=1S/C18H27N5O2/c24-17-9-13(12-22(17)15-5-6-15)10-19-18(25)20-11-14-7-8-23(21-14)16-3-1-2-4-16/h7-8,13,15-16H,1-6,9-12H2,(H2,19,20,25). The molecule has 3 amide bonds. The lowest BCUT2D eigenvalue weighted by Gasteiger charge is -2.15. The molecule has 0 radical (unpaired) electrons. The number of nitrogens with one attached hydrogen (secondary N) is 2. The molecule has 4 rings (SSSR count). The van der Waals surface area contributed by atoms with Crippen LogP contribution in [0.5, 0.6) is 0 Å². The lowest BCUT2D eigenvalue weighted by molar-refractivity contribution is -0.128. The third-order valence-corrected chi connectivity index (χ3v) is 5.57. The summed E-state index contributed by atoms with van der Waals surface area (Å²) in [6, 6.07) is 2.79. The minimum Gasteiger partial charge on any atom is -0.339 e. The van der Waals surface area contributed by atoms with Crippen LogP contribution in [0.25, 0.3) is 0 Å². The SMILES string of the molecule is O=C(NCc1ccn(C2CCCC2)n1)NCC1CC(=O)N(C2CC2)C1. The zero-order chi connectivity index (χ0) is 17.2. The van der Waals surface area contributed by atoms with E-state index >= 15 is 0 Å². The number of likely N-dealkylation sites (tertiary alicyclic amines) is 1. The van der Waals surface area contributed by atoms with Crippen molar-refractivity contribution in [3.05, 3.63) is 18.0 Å². The highest BCUT2D eigenvalue weighted by Crippen LogP contribution is 2.32. The average Bonchev–Trinajstić information content (AvgIpc) is 3.03. The van der Waals surface area contributed by atoms with Crippen LogP contribution in [0.2, 0.25) is 0 Å². The van der Waals surface area contributed by atoms with E-state index in [1.807, 2.05) is 21.8 Å². The van der Waals surface area contributed by atoms with Crippen molar-refractivity contribution in [2.75, 3.05) is 13.1 Å². The van der Waals surface area contributed by atoms with Crippen LogP contribution in [0.1, 0.15) is 56.7 Å². The number of hydrogen-bond donors (Lipinski definition) is 2. The fourth-order valence-corrected chi connectivity index (χ4v) is 4.00. The van der Waals surface area contributed by atoms with Crippen molar-refractivity contribution < 1.29 is 9.59 Å². The van der Waals surface area contributed by atoms with E-state index < -0.39 is 0 Å². The summed E-state index contributed by atoms with van der Waals surface area (Å²) in [4.78, 5) is 25.9. The number of aromatic nitrogens is 2. The van der Waals surface area contributed by atoms with E-state index in [0.717, 1.165) is 25.1 Å². The molecule has 136 valence electrons. The zero-order valence-electron chi connectivity index (χ0n) is 14.6. The van der Waals surface area contributed by atoms with Gasteiger partial charge in [0.1, 0.15) is 0 Å². The van der Waals surface area contributed by atoms with Gasteiger partial charge in [0, 0.05) is 37.7 Å². The predicted molar refractivity (Wildman–Crippen MR) is 92.8 cm³/mol. The first-order valence-corrected chi connectivity index (χ1v) is 9.54. The summed E-state index contributed by atoms with van der Waals surface area (Å²) in [7, 11) is 0. The maximum atomic E-state index is 12.0. The van der Waals surface area contributed by atoms with Gasteiger partial charge in [-0.1, -0.05) is 12.8 Å². The topological polar surface area (TPSA) is 79.3 Å². The number of carbonyl (C=O) groups is 2. The smallest absolute Gasteiger partial charge is 0.315 e. The van der Waals surface area contributed by atoms with E-state index in [4.69, 9.17) is 0 Å². The minimum absolute atomic E-state index is 0.187. The molecule has 25 heavy (non-hydrogen) atoms. The zero-order valence-corrected chi connectivity index (χ0v) is 14.6. The van der Waals surface area contributed by atoms with Crippen molar-refractivity contribution in [3.8, 4) is 0 Å². The van der Waals surface area contributed by atoms with Gasteiger partial charge >= 0.3 is 6.03 Å². The first kappa shape index (κ1) is 16.4. The first-order chi connectivity index (χ1) is 12.2.